The molecule has 0 saturated carbocycles. The topological polar surface area (TPSA) is 42.9 Å². The van der Waals surface area contributed by atoms with Crippen LogP contribution in [0.2, 0.25) is 0 Å². The Labute approximate surface area is 117 Å². The first-order valence-corrected chi connectivity index (χ1v) is 6.61. The van der Waals surface area contributed by atoms with E-state index in [1.165, 1.54) is 0 Å². The Balaban J connectivity index is 2.18. The zero-order valence-electron chi connectivity index (χ0n) is 11.2. The van der Waals surface area contributed by atoms with Gasteiger partial charge in [0.2, 0.25) is 0 Å². The van der Waals surface area contributed by atoms with E-state index in [2.05, 4.69) is 9.97 Å². The van der Waals surface area contributed by atoms with Crippen molar-refractivity contribution in [3.63, 3.8) is 0 Å². The molecule has 3 rings (SSSR count). The van der Waals surface area contributed by atoms with Gasteiger partial charge in [0.15, 0.2) is 5.78 Å². The number of hydrogen-bond acceptors (Lipinski definition) is 3. The second kappa shape index (κ2) is 5.21. The van der Waals surface area contributed by atoms with E-state index in [0.29, 0.717) is 11.1 Å². The van der Waals surface area contributed by atoms with Crippen molar-refractivity contribution < 1.29 is 4.79 Å². The summed E-state index contributed by atoms with van der Waals surface area (Å²) < 4.78 is 0. The summed E-state index contributed by atoms with van der Waals surface area (Å²) in [5.41, 5.74) is 2.31. The second-order valence-corrected chi connectivity index (χ2v) is 4.62. The SMILES string of the molecule is CCc1cnccc1C(=O)c1cncc2ccccc12. The van der Waals surface area contributed by atoms with Crippen LogP contribution in [0.25, 0.3) is 10.8 Å². The Morgan fingerprint density at radius 2 is 1.85 bits per heavy atom. The third-order valence-electron chi connectivity index (χ3n) is 3.44. The number of aromatic nitrogens is 2. The van der Waals surface area contributed by atoms with Gasteiger partial charge in [-0.2, -0.15) is 0 Å². The number of ketones is 1. The van der Waals surface area contributed by atoms with Crippen LogP contribution in [0, 0.1) is 0 Å². The molecule has 0 saturated heterocycles. The first-order valence-electron chi connectivity index (χ1n) is 6.61. The maximum Gasteiger partial charge on any atom is 0.195 e. The molecule has 1 aromatic carbocycles. The number of hydrogen-bond donors (Lipinski definition) is 0. The van der Waals surface area contributed by atoms with Crippen molar-refractivity contribution in [3.8, 4) is 0 Å². The number of aryl methyl sites for hydroxylation is 1. The molecule has 0 aliphatic rings. The molecule has 0 bridgehead atoms. The summed E-state index contributed by atoms with van der Waals surface area (Å²) in [7, 11) is 0. The van der Waals surface area contributed by atoms with Crippen molar-refractivity contribution >= 4 is 16.6 Å². The van der Waals surface area contributed by atoms with E-state index in [0.717, 1.165) is 22.8 Å². The normalized spacial score (nSPS) is 10.7. The number of nitrogens with zero attached hydrogens (tertiary/aromatic N) is 2. The van der Waals surface area contributed by atoms with Gasteiger partial charge in [-0.1, -0.05) is 31.2 Å². The molecule has 98 valence electrons. The molecule has 0 radical (unpaired) electrons. The molecule has 0 amide bonds. The summed E-state index contributed by atoms with van der Waals surface area (Å²) in [5.74, 6) is 0.00792. The van der Waals surface area contributed by atoms with Crippen molar-refractivity contribution in [1.29, 1.82) is 0 Å². The summed E-state index contributed by atoms with van der Waals surface area (Å²) in [6, 6.07) is 9.58. The molecule has 3 nitrogen and oxygen atoms in total. The Morgan fingerprint density at radius 1 is 1.00 bits per heavy atom. The number of fused-ring (bicyclic) bond motifs is 1. The van der Waals surface area contributed by atoms with E-state index in [9.17, 15) is 4.79 Å². The number of pyridine rings is 2. The van der Waals surface area contributed by atoms with Gasteiger partial charge in [0.25, 0.3) is 0 Å². The van der Waals surface area contributed by atoms with Crippen LogP contribution in [0.1, 0.15) is 28.4 Å². The van der Waals surface area contributed by atoms with Crippen LogP contribution in [0.4, 0.5) is 0 Å². The van der Waals surface area contributed by atoms with Gasteiger partial charge >= 0.3 is 0 Å². The number of carbonyl (C=O) groups excluding carboxylic acids is 1. The second-order valence-electron chi connectivity index (χ2n) is 4.62. The molecule has 0 N–H and O–H groups in total. The standard InChI is InChI=1S/C17H14N2O/c1-2-12-9-18-8-7-15(12)17(20)16-11-19-10-13-5-3-4-6-14(13)16/h3-11H,2H2,1H3. The Kier molecular flexibility index (Phi) is 3.25. The third kappa shape index (κ3) is 2.07. The molecule has 0 spiro atoms. The minimum Gasteiger partial charge on any atom is -0.289 e. The quantitative estimate of drug-likeness (QED) is 0.679. The van der Waals surface area contributed by atoms with Crippen molar-refractivity contribution in [2.75, 3.05) is 0 Å². The van der Waals surface area contributed by atoms with E-state index in [1.807, 2.05) is 31.2 Å². The molecule has 0 unspecified atom stereocenters. The fourth-order valence-electron chi connectivity index (χ4n) is 2.37. The summed E-state index contributed by atoms with van der Waals surface area (Å²) in [5, 5.41) is 1.91. The average molecular weight is 262 g/mol. The maximum atomic E-state index is 12.8. The molecule has 0 atom stereocenters. The van der Waals surface area contributed by atoms with E-state index in [4.69, 9.17) is 0 Å². The smallest absolute Gasteiger partial charge is 0.195 e. The fraction of sp³-hybridized carbons (Fsp3) is 0.118. The van der Waals surface area contributed by atoms with Gasteiger partial charge in [0, 0.05) is 41.3 Å². The van der Waals surface area contributed by atoms with Crippen molar-refractivity contribution in [3.05, 3.63) is 71.8 Å². The Hall–Kier alpha value is -2.55. The Morgan fingerprint density at radius 3 is 2.70 bits per heavy atom. The van der Waals surface area contributed by atoms with Crippen LogP contribution in [0.5, 0.6) is 0 Å². The van der Waals surface area contributed by atoms with Crippen LogP contribution in [0.15, 0.2) is 55.1 Å². The predicted molar refractivity (Wildman–Crippen MR) is 78.8 cm³/mol. The van der Waals surface area contributed by atoms with Gasteiger partial charge in [-0.3, -0.25) is 14.8 Å². The fourth-order valence-corrected chi connectivity index (χ4v) is 2.37. The van der Waals surface area contributed by atoms with Crippen molar-refractivity contribution in [2.45, 2.75) is 13.3 Å². The monoisotopic (exact) mass is 262 g/mol. The first-order chi connectivity index (χ1) is 9.81. The number of rotatable bonds is 3. The highest BCUT2D eigenvalue weighted by molar-refractivity contribution is 6.16. The predicted octanol–water partition coefficient (Wildman–Crippen LogP) is 3.42. The van der Waals surface area contributed by atoms with Crippen LogP contribution < -0.4 is 0 Å². The highest BCUT2D eigenvalue weighted by atomic mass is 16.1. The van der Waals surface area contributed by atoms with E-state index >= 15 is 0 Å². The zero-order chi connectivity index (χ0) is 13.9. The van der Waals surface area contributed by atoms with Crippen molar-refractivity contribution in [2.24, 2.45) is 0 Å². The van der Waals surface area contributed by atoms with Gasteiger partial charge in [-0.05, 0) is 23.4 Å². The molecule has 0 aliphatic carbocycles. The highest BCUT2D eigenvalue weighted by Gasteiger charge is 2.15. The van der Waals surface area contributed by atoms with Crippen LogP contribution in [-0.4, -0.2) is 15.8 Å². The van der Waals surface area contributed by atoms with E-state index in [1.54, 1.807) is 30.9 Å². The first kappa shape index (κ1) is 12.5. The molecular formula is C17H14N2O. The minimum absolute atomic E-state index is 0.00792. The van der Waals surface area contributed by atoms with Gasteiger partial charge < -0.3 is 0 Å². The van der Waals surface area contributed by atoms with Crippen molar-refractivity contribution in [1.82, 2.24) is 9.97 Å². The lowest BCUT2D eigenvalue weighted by molar-refractivity contribution is 0.103. The van der Waals surface area contributed by atoms with Crippen LogP contribution in [0.3, 0.4) is 0 Å². The largest absolute Gasteiger partial charge is 0.289 e. The highest BCUT2D eigenvalue weighted by Crippen LogP contribution is 2.21. The third-order valence-corrected chi connectivity index (χ3v) is 3.44. The minimum atomic E-state index is 0.00792. The summed E-state index contributed by atoms with van der Waals surface area (Å²) in [6.45, 7) is 2.02. The van der Waals surface area contributed by atoms with Crippen LogP contribution in [-0.2, 0) is 6.42 Å². The number of benzene rings is 1. The van der Waals surface area contributed by atoms with E-state index < -0.39 is 0 Å². The molecule has 3 heteroatoms. The van der Waals surface area contributed by atoms with Gasteiger partial charge in [-0.15, -0.1) is 0 Å². The average Bonchev–Trinajstić information content (AvgIpc) is 2.53. The number of carbonyl (C=O) groups is 1. The lowest BCUT2D eigenvalue weighted by atomic mass is 9.96. The molecule has 0 fully saturated rings. The van der Waals surface area contributed by atoms with Gasteiger partial charge in [0.1, 0.15) is 0 Å². The van der Waals surface area contributed by atoms with Gasteiger partial charge in [0.05, 0.1) is 0 Å². The Bertz CT molecular complexity index is 775. The molecular weight excluding hydrogens is 248 g/mol. The van der Waals surface area contributed by atoms with Gasteiger partial charge in [-0.25, -0.2) is 0 Å². The molecule has 2 aromatic heterocycles. The molecule has 0 aliphatic heterocycles. The van der Waals surface area contributed by atoms with E-state index in [-0.39, 0.29) is 5.78 Å². The summed E-state index contributed by atoms with van der Waals surface area (Å²) in [4.78, 5) is 21.0. The lowest BCUT2D eigenvalue weighted by Crippen LogP contribution is -2.06. The maximum absolute atomic E-state index is 12.8. The van der Waals surface area contributed by atoms with Crippen LogP contribution >= 0.6 is 0 Å². The molecule has 20 heavy (non-hydrogen) atoms. The summed E-state index contributed by atoms with van der Waals surface area (Å²) >= 11 is 0. The lowest BCUT2D eigenvalue weighted by Gasteiger charge is -2.08. The molecule has 2 heterocycles. The summed E-state index contributed by atoms with van der Waals surface area (Å²) in [6.07, 6.45) is 7.62. The molecule has 3 aromatic rings. The zero-order valence-corrected chi connectivity index (χ0v) is 11.2.